The van der Waals surface area contributed by atoms with Crippen LogP contribution in [-0.4, -0.2) is 18.0 Å². The van der Waals surface area contributed by atoms with Crippen molar-refractivity contribution in [3.8, 4) is 0 Å². The molecular weight excluding hydrogens is 164 g/mol. The van der Waals surface area contributed by atoms with Crippen LogP contribution in [0.3, 0.4) is 0 Å². The molecule has 1 saturated heterocycles. The molecule has 0 bridgehead atoms. The van der Waals surface area contributed by atoms with Crippen LogP contribution in [0.1, 0.15) is 5.56 Å². The molecule has 2 rings (SSSR count). The second kappa shape index (κ2) is 3.18. The molecule has 1 aliphatic rings. The average molecular weight is 176 g/mol. The van der Waals surface area contributed by atoms with Crippen molar-refractivity contribution in [1.82, 2.24) is 5.32 Å². The minimum Gasteiger partial charge on any atom is -0.350 e. The number of hydrogen-bond acceptors (Lipinski definition) is 2. The maximum absolute atomic E-state index is 10.8. The topological polar surface area (TPSA) is 55.1 Å². The Morgan fingerprint density at radius 2 is 2.00 bits per heavy atom. The zero-order chi connectivity index (χ0) is 9.26. The summed E-state index contributed by atoms with van der Waals surface area (Å²) in [5.74, 6) is -0.0408. The molecule has 0 radical (unpaired) electrons. The van der Waals surface area contributed by atoms with E-state index in [1.54, 1.807) is 0 Å². The SMILES string of the molecule is NC1C(=O)NC1Cc1ccccc1. The second-order valence-corrected chi connectivity index (χ2v) is 3.33. The molecule has 0 aliphatic carbocycles. The van der Waals surface area contributed by atoms with E-state index in [9.17, 15) is 4.79 Å². The summed E-state index contributed by atoms with van der Waals surface area (Å²) in [6.45, 7) is 0. The van der Waals surface area contributed by atoms with E-state index in [0.717, 1.165) is 6.42 Å². The number of benzene rings is 1. The summed E-state index contributed by atoms with van der Waals surface area (Å²) in [7, 11) is 0. The minimum atomic E-state index is -0.319. The van der Waals surface area contributed by atoms with Gasteiger partial charge in [0.1, 0.15) is 6.04 Å². The Morgan fingerprint density at radius 1 is 1.31 bits per heavy atom. The molecule has 2 atom stereocenters. The van der Waals surface area contributed by atoms with Crippen molar-refractivity contribution >= 4 is 5.91 Å². The minimum absolute atomic E-state index is 0.0408. The van der Waals surface area contributed by atoms with Crippen molar-refractivity contribution in [2.24, 2.45) is 5.73 Å². The van der Waals surface area contributed by atoms with Gasteiger partial charge in [-0.3, -0.25) is 4.79 Å². The smallest absolute Gasteiger partial charge is 0.239 e. The molecule has 0 aromatic heterocycles. The summed E-state index contributed by atoms with van der Waals surface area (Å²) in [4.78, 5) is 10.8. The van der Waals surface area contributed by atoms with E-state index in [1.807, 2.05) is 30.3 Å². The molecule has 3 nitrogen and oxygen atoms in total. The Labute approximate surface area is 76.9 Å². The van der Waals surface area contributed by atoms with Crippen molar-refractivity contribution in [1.29, 1.82) is 0 Å². The lowest BCUT2D eigenvalue weighted by atomic mass is 9.93. The second-order valence-electron chi connectivity index (χ2n) is 3.33. The van der Waals surface area contributed by atoms with Gasteiger partial charge in [-0.05, 0) is 12.0 Å². The molecule has 1 aromatic carbocycles. The third kappa shape index (κ3) is 1.55. The van der Waals surface area contributed by atoms with E-state index in [4.69, 9.17) is 5.73 Å². The highest BCUT2D eigenvalue weighted by Gasteiger charge is 2.35. The van der Waals surface area contributed by atoms with Crippen LogP contribution in [0.2, 0.25) is 0 Å². The Bertz CT molecular complexity index is 310. The lowest BCUT2D eigenvalue weighted by molar-refractivity contribution is -0.130. The van der Waals surface area contributed by atoms with Crippen molar-refractivity contribution in [3.05, 3.63) is 35.9 Å². The molecule has 1 heterocycles. The lowest BCUT2D eigenvalue weighted by Crippen LogP contribution is -2.67. The zero-order valence-corrected chi connectivity index (χ0v) is 7.23. The summed E-state index contributed by atoms with van der Waals surface area (Å²) in [5, 5.41) is 2.78. The van der Waals surface area contributed by atoms with Crippen LogP contribution < -0.4 is 11.1 Å². The number of carbonyl (C=O) groups excluding carboxylic acids is 1. The number of hydrogen-bond donors (Lipinski definition) is 2. The van der Waals surface area contributed by atoms with Crippen LogP contribution in [0.4, 0.5) is 0 Å². The van der Waals surface area contributed by atoms with E-state index in [0.29, 0.717) is 0 Å². The van der Waals surface area contributed by atoms with Gasteiger partial charge >= 0.3 is 0 Å². The van der Waals surface area contributed by atoms with Crippen molar-refractivity contribution in [2.45, 2.75) is 18.5 Å². The number of rotatable bonds is 2. The third-order valence-corrected chi connectivity index (χ3v) is 2.36. The summed E-state index contributed by atoms with van der Waals surface area (Å²) < 4.78 is 0. The summed E-state index contributed by atoms with van der Waals surface area (Å²) in [5.41, 5.74) is 6.81. The summed E-state index contributed by atoms with van der Waals surface area (Å²) in [6, 6.07) is 9.83. The number of nitrogens with two attached hydrogens (primary N) is 1. The Balaban J connectivity index is 1.97. The van der Waals surface area contributed by atoms with Gasteiger partial charge in [0.25, 0.3) is 0 Å². The van der Waals surface area contributed by atoms with E-state index in [1.165, 1.54) is 5.56 Å². The summed E-state index contributed by atoms with van der Waals surface area (Å²) >= 11 is 0. The van der Waals surface area contributed by atoms with Gasteiger partial charge in [-0.2, -0.15) is 0 Å². The van der Waals surface area contributed by atoms with Crippen molar-refractivity contribution in [2.75, 3.05) is 0 Å². The number of β-lactam (4-membered cyclic amide) rings is 1. The van der Waals surface area contributed by atoms with Gasteiger partial charge in [0.15, 0.2) is 0 Å². The van der Waals surface area contributed by atoms with Gasteiger partial charge in [-0.25, -0.2) is 0 Å². The van der Waals surface area contributed by atoms with E-state index >= 15 is 0 Å². The molecule has 1 aromatic rings. The third-order valence-electron chi connectivity index (χ3n) is 2.36. The Morgan fingerprint density at radius 3 is 2.54 bits per heavy atom. The molecule has 0 spiro atoms. The van der Waals surface area contributed by atoms with Gasteiger partial charge in [-0.1, -0.05) is 30.3 Å². The molecule has 1 aliphatic heterocycles. The first-order valence-corrected chi connectivity index (χ1v) is 4.37. The predicted molar refractivity (Wildman–Crippen MR) is 50.1 cm³/mol. The van der Waals surface area contributed by atoms with E-state index < -0.39 is 0 Å². The van der Waals surface area contributed by atoms with Gasteiger partial charge < -0.3 is 11.1 Å². The fourth-order valence-corrected chi connectivity index (χ4v) is 1.50. The Hall–Kier alpha value is -1.35. The molecule has 3 N–H and O–H groups in total. The molecule has 1 amide bonds. The number of carbonyl (C=O) groups is 1. The lowest BCUT2D eigenvalue weighted by Gasteiger charge is -2.33. The van der Waals surface area contributed by atoms with Crippen LogP contribution >= 0.6 is 0 Å². The highest BCUT2D eigenvalue weighted by Crippen LogP contribution is 2.10. The fraction of sp³-hybridized carbons (Fsp3) is 0.300. The zero-order valence-electron chi connectivity index (χ0n) is 7.23. The van der Waals surface area contributed by atoms with Crippen LogP contribution in [0.15, 0.2) is 30.3 Å². The van der Waals surface area contributed by atoms with E-state index in [2.05, 4.69) is 5.32 Å². The largest absolute Gasteiger partial charge is 0.350 e. The fourth-order valence-electron chi connectivity index (χ4n) is 1.50. The van der Waals surface area contributed by atoms with Gasteiger partial charge in [0.05, 0.1) is 6.04 Å². The standard InChI is InChI=1S/C10H12N2O/c11-9-8(12-10(9)13)6-7-4-2-1-3-5-7/h1-5,8-9H,6,11H2,(H,12,13). The molecule has 68 valence electrons. The van der Waals surface area contributed by atoms with Crippen molar-refractivity contribution in [3.63, 3.8) is 0 Å². The molecule has 0 saturated carbocycles. The van der Waals surface area contributed by atoms with Crippen LogP contribution in [0.5, 0.6) is 0 Å². The maximum Gasteiger partial charge on any atom is 0.239 e. The first-order valence-electron chi connectivity index (χ1n) is 4.37. The van der Waals surface area contributed by atoms with Gasteiger partial charge in [0.2, 0.25) is 5.91 Å². The Kier molecular flexibility index (Phi) is 2.02. The van der Waals surface area contributed by atoms with Gasteiger partial charge in [0, 0.05) is 0 Å². The average Bonchev–Trinajstić information content (AvgIpc) is 2.19. The van der Waals surface area contributed by atoms with Crippen LogP contribution in [0.25, 0.3) is 0 Å². The highest BCUT2D eigenvalue weighted by molar-refractivity contribution is 5.89. The predicted octanol–water partition coefficient (Wildman–Crippen LogP) is 0.0548. The normalized spacial score (nSPS) is 26.4. The van der Waals surface area contributed by atoms with Gasteiger partial charge in [-0.15, -0.1) is 0 Å². The maximum atomic E-state index is 10.8. The molecule has 13 heavy (non-hydrogen) atoms. The first kappa shape index (κ1) is 8.26. The van der Waals surface area contributed by atoms with Crippen molar-refractivity contribution < 1.29 is 4.79 Å². The molecule has 3 heteroatoms. The number of nitrogens with one attached hydrogen (secondary N) is 1. The monoisotopic (exact) mass is 176 g/mol. The van der Waals surface area contributed by atoms with Crippen LogP contribution in [-0.2, 0) is 11.2 Å². The van der Waals surface area contributed by atoms with Crippen LogP contribution in [0, 0.1) is 0 Å². The molecule has 1 fully saturated rings. The summed E-state index contributed by atoms with van der Waals surface area (Å²) in [6.07, 6.45) is 0.827. The molecular formula is C10H12N2O. The molecule has 2 unspecified atom stereocenters. The van der Waals surface area contributed by atoms with E-state index in [-0.39, 0.29) is 18.0 Å². The quantitative estimate of drug-likeness (QED) is 0.626. The number of amides is 1. The first-order chi connectivity index (χ1) is 6.27. The highest BCUT2D eigenvalue weighted by atomic mass is 16.2.